The third-order valence-electron chi connectivity index (χ3n) is 3.04. The van der Waals surface area contributed by atoms with Gasteiger partial charge in [0.2, 0.25) is 0 Å². The van der Waals surface area contributed by atoms with Crippen molar-refractivity contribution in [1.82, 2.24) is 15.5 Å². The summed E-state index contributed by atoms with van der Waals surface area (Å²) >= 11 is 0. The predicted octanol–water partition coefficient (Wildman–Crippen LogP) is 2.46. The maximum absolute atomic E-state index is 5.29. The van der Waals surface area contributed by atoms with Crippen LogP contribution in [-0.4, -0.2) is 10.1 Å². The lowest BCUT2D eigenvalue weighted by molar-refractivity contribution is 0.419. The maximum Gasteiger partial charge on any atom is 0.257 e. The molecule has 17 heavy (non-hydrogen) atoms. The summed E-state index contributed by atoms with van der Waals surface area (Å²) in [7, 11) is 0. The molecule has 1 N–H and O–H groups in total. The number of nitrogens with one attached hydrogen (secondary N) is 1. The lowest BCUT2D eigenvalue weighted by atomic mass is 10.1. The topological polar surface area (TPSA) is 51.0 Å². The zero-order valence-electron chi connectivity index (χ0n) is 10.0. The van der Waals surface area contributed by atoms with E-state index < -0.39 is 0 Å². The van der Waals surface area contributed by atoms with E-state index >= 15 is 0 Å². The summed E-state index contributed by atoms with van der Waals surface area (Å²) in [5, 5.41) is 7.31. The zero-order valence-corrected chi connectivity index (χ0v) is 10.0. The fraction of sp³-hybridized carbons (Fsp3) is 0.385. The Labute approximate surface area is 100 Å². The quantitative estimate of drug-likeness (QED) is 0.859. The summed E-state index contributed by atoms with van der Waals surface area (Å²) in [6.07, 6.45) is 0. The second-order valence-corrected chi connectivity index (χ2v) is 4.70. The summed E-state index contributed by atoms with van der Waals surface area (Å²) in [5.41, 5.74) is 3.69. The lowest BCUT2D eigenvalue weighted by Gasteiger charge is -1.99. The minimum atomic E-state index is 0.295. The Bertz CT molecular complexity index is 545. The van der Waals surface area contributed by atoms with Crippen molar-refractivity contribution in [3.8, 4) is 11.5 Å². The van der Waals surface area contributed by atoms with Gasteiger partial charge in [-0.2, -0.15) is 4.98 Å². The van der Waals surface area contributed by atoms with E-state index in [2.05, 4.69) is 41.4 Å². The first kappa shape index (κ1) is 10.5. The summed E-state index contributed by atoms with van der Waals surface area (Å²) in [5.74, 6) is 1.67. The van der Waals surface area contributed by atoms with Crippen molar-refractivity contribution in [3.05, 3.63) is 35.2 Å². The van der Waals surface area contributed by atoms with Crippen LogP contribution in [0.5, 0.6) is 0 Å². The van der Waals surface area contributed by atoms with Gasteiger partial charge in [-0.05, 0) is 23.3 Å². The normalized spacial score (nSPS) is 14.3. The van der Waals surface area contributed by atoms with E-state index in [9.17, 15) is 0 Å². The van der Waals surface area contributed by atoms with Crippen molar-refractivity contribution in [1.29, 1.82) is 0 Å². The van der Waals surface area contributed by atoms with Crippen LogP contribution in [-0.2, 0) is 13.1 Å². The average molecular weight is 229 g/mol. The minimum Gasteiger partial charge on any atom is -0.334 e. The van der Waals surface area contributed by atoms with Gasteiger partial charge in [-0.3, -0.25) is 0 Å². The van der Waals surface area contributed by atoms with E-state index in [1.54, 1.807) is 0 Å². The zero-order chi connectivity index (χ0) is 11.8. The molecule has 88 valence electrons. The van der Waals surface area contributed by atoms with E-state index in [0.29, 0.717) is 11.8 Å². The summed E-state index contributed by atoms with van der Waals surface area (Å²) in [6, 6.07) is 6.31. The fourth-order valence-electron chi connectivity index (χ4n) is 2.01. The Morgan fingerprint density at radius 2 is 2.06 bits per heavy atom. The van der Waals surface area contributed by atoms with Crippen molar-refractivity contribution >= 4 is 0 Å². The number of rotatable bonds is 2. The molecular weight excluding hydrogens is 214 g/mol. The molecule has 4 heteroatoms. The number of benzene rings is 1. The number of hydrogen-bond donors (Lipinski definition) is 1. The number of hydrogen-bond acceptors (Lipinski definition) is 4. The average Bonchev–Trinajstić information content (AvgIpc) is 2.97. The summed E-state index contributed by atoms with van der Waals surface area (Å²) < 4.78 is 5.29. The highest BCUT2D eigenvalue weighted by atomic mass is 16.5. The predicted molar refractivity (Wildman–Crippen MR) is 64.4 cm³/mol. The lowest BCUT2D eigenvalue weighted by Crippen LogP contribution is -1.99. The van der Waals surface area contributed by atoms with Crippen LogP contribution in [0.15, 0.2) is 22.7 Å². The minimum absolute atomic E-state index is 0.295. The van der Waals surface area contributed by atoms with E-state index in [1.165, 1.54) is 11.1 Å². The van der Waals surface area contributed by atoms with Gasteiger partial charge in [-0.1, -0.05) is 25.1 Å². The van der Waals surface area contributed by atoms with Crippen LogP contribution < -0.4 is 5.32 Å². The molecule has 0 atom stereocenters. The van der Waals surface area contributed by atoms with E-state index in [1.807, 2.05) is 6.07 Å². The molecule has 4 nitrogen and oxygen atoms in total. The SMILES string of the molecule is CC(C)c1noc(-c2ccc3c(c2)CNC3)n1. The highest BCUT2D eigenvalue weighted by molar-refractivity contribution is 5.56. The van der Waals surface area contributed by atoms with Crippen molar-refractivity contribution < 1.29 is 4.52 Å². The molecule has 1 aromatic heterocycles. The van der Waals surface area contributed by atoms with Gasteiger partial charge in [-0.25, -0.2) is 0 Å². The number of nitrogens with zero attached hydrogens (tertiary/aromatic N) is 2. The van der Waals surface area contributed by atoms with Crippen molar-refractivity contribution in [2.24, 2.45) is 0 Å². The molecule has 0 radical (unpaired) electrons. The Morgan fingerprint density at radius 1 is 1.24 bits per heavy atom. The summed E-state index contributed by atoms with van der Waals surface area (Å²) in [6.45, 7) is 5.99. The molecule has 0 aliphatic carbocycles. The largest absolute Gasteiger partial charge is 0.334 e. The first-order valence-corrected chi connectivity index (χ1v) is 5.90. The van der Waals surface area contributed by atoms with Gasteiger partial charge in [0, 0.05) is 24.6 Å². The Morgan fingerprint density at radius 3 is 2.82 bits per heavy atom. The van der Waals surface area contributed by atoms with E-state index in [4.69, 9.17) is 4.52 Å². The first-order chi connectivity index (χ1) is 8.24. The van der Waals surface area contributed by atoms with Crippen molar-refractivity contribution in [3.63, 3.8) is 0 Å². The third-order valence-corrected chi connectivity index (χ3v) is 3.04. The standard InChI is InChI=1S/C13H15N3O/c1-8(2)12-15-13(17-16-12)9-3-4-10-6-14-7-11(10)5-9/h3-5,8,14H,6-7H2,1-2H3. The van der Waals surface area contributed by atoms with Crippen LogP contribution in [0.4, 0.5) is 0 Å². The second kappa shape index (κ2) is 3.96. The molecular formula is C13H15N3O. The highest BCUT2D eigenvalue weighted by Gasteiger charge is 2.15. The molecule has 0 bridgehead atoms. The van der Waals surface area contributed by atoms with E-state index in [-0.39, 0.29) is 0 Å². The van der Waals surface area contributed by atoms with Crippen LogP contribution in [0.1, 0.15) is 36.7 Å². The van der Waals surface area contributed by atoms with Gasteiger partial charge in [0.25, 0.3) is 5.89 Å². The van der Waals surface area contributed by atoms with Crippen LogP contribution in [0.3, 0.4) is 0 Å². The molecule has 1 aliphatic heterocycles. The Balaban J connectivity index is 1.97. The highest BCUT2D eigenvalue weighted by Crippen LogP contribution is 2.24. The smallest absolute Gasteiger partial charge is 0.257 e. The molecule has 2 heterocycles. The molecule has 0 unspecified atom stereocenters. The second-order valence-electron chi connectivity index (χ2n) is 4.70. The van der Waals surface area contributed by atoms with Crippen LogP contribution in [0.25, 0.3) is 11.5 Å². The van der Waals surface area contributed by atoms with Gasteiger partial charge < -0.3 is 9.84 Å². The van der Waals surface area contributed by atoms with Crippen molar-refractivity contribution in [2.45, 2.75) is 32.9 Å². The molecule has 3 rings (SSSR count). The molecule has 2 aromatic rings. The van der Waals surface area contributed by atoms with Gasteiger partial charge in [0.05, 0.1) is 0 Å². The molecule has 1 aromatic carbocycles. The number of aromatic nitrogens is 2. The van der Waals surface area contributed by atoms with Gasteiger partial charge in [0.15, 0.2) is 5.82 Å². The van der Waals surface area contributed by atoms with Gasteiger partial charge >= 0.3 is 0 Å². The molecule has 0 fully saturated rings. The molecule has 1 aliphatic rings. The van der Waals surface area contributed by atoms with Crippen LogP contribution >= 0.6 is 0 Å². The molecule has 0 spiro atoms. The molecule has 0 saturated heterocycles. The van der Waals surface area contributed by atoms with Crippen LogP contribution in [0.2, 0.25) is 0 Å². The Kier molecular flexibility index (Phi) is 2.44. The molecule has 0 amide bonds. The van der Waals surface area contributed by atoms with Gasteiger partial charge in [0.1, 0.15) is 0 Å². The summed E-state index contributed by atoms with van der Waals surface area (Å²) in [4.78, 5) is 4.41. The fourth-order valence-corrected chi connectivity index (χ4v) is 2.01. The monoisotopic (exact) mass is 229 g/mol. The van der Waals surface area contributed by atoms with Crippen LogP contribution in [0, 0.1) is 0 Å². The Hall–Kier alpha value is -1.68. The van der Waals surface area contributed by atoms with Crippen molar-refractivity contribution in [2.75, 3.05) is 0 Å². The maximum atomic E-state index is 5.29. The van der Waals surface area contributed by atoms with Gasteiger partial charge in [-0.15, -0.1) is 0 Å². The molecule has 0 saturated carbocycles. The first-order valence-electron chi connectivity index (χ1n) is 5.90. The van der Waals surface area contributed by atoms with E-state index in [0.717, 1.165) is 24.5 Å². The number of fused-ring (bicyclic) bond motifs is 1. The third kappa shape index (κ3) is 1.85.